The molecule has 0 aromatic carbocycles. The fourth-order valence-electron chi connectivity index (χ4n) is 9.91. The smallest absolute Gasteiger partial charge is 0.192 e. The quantitative estimate of drug-likeness (QED) is 0.280. The molecule has 10 atom stereocenters. The van der Waals surface area contributed by atoms with E-state index in [9.17, 15) is 15.0 Å². The summed E-state index contributed by atoms with van der Waals surface area (Å²) in [5, 5.41) is 25.5. The van der Waals surface area contributed by atoms with Gasteiger partial charge in [0.2, 0.25) is 0 Å². The van der Waals surface area contributed by atoms with Crippen molar-refractivity contribution in [2.24, 2.45) is 16.7 Å². The van der Waals surface area contributed by atoms with Gasteiger partial charge in [0.25, 0.3) is 0 Å². The molecule has 2 bridgehead atoms. The molecule has 5 fully saturated rings. The third-order valence-corrected chi connectivity index (χ3v) is 18.4. The zero-order valence-electron chi connectivity index (χ0n) is 32.7. The third kappa shape index (κ3) is 6.35. The maximum atomic E-state index is 14.5. The van der Waals surface area contributed by atoms with Gasteiger partial charge in [-0.1, -0.05) is 41.5 Å². The number of rotatable bonds is 7. The van der Waals surface area contributed by atoms with Crippen molar-refractivity contribution in [3.8, 4) is 0 Å². The van der Waals surface area contributed by atoms with Gasteiger partial charge in [0.15, 0.2) is 32.5 Å². The van der Waals surface area contributed by atoms with E-state index in [2.05, 4.69) is 54.6 Å². The van der Waals surface area contributed by atoms with Crippen LogP contribution in [0.3, 0.4) is 0 Å². The zero-order valence-corrected chi connectivity index (χ0v) is 33.7. The second kappa shape index (κ2) is 13.2. The van der Waals surface area contributed by atoms with Gasteiger partial charge in [-0.15, -0.1) is 0 Å². The second-order valence-electron chi connectivity index (χ2n) is 19.0. The van der Waals surface area contributed by atoms with Crippen LogP contribution in [-0.2, 0) is 37.6 Å². The molecule has 3 heterocycles. The SMILES string of the molecule is CC1=C2[C@H]3OC(C)(C)O[C@@H]3[C@]3(C)CC[C@H](O)[C@@](O)(CO[Si](C)(C)C(C)(C)C)[C@H]3[C@H](OC3CCCCO3)[C@](OC3CCCCO3)(CC1=O)C2(C)C. The predicted molar refractivity (Wildman–Crippen MR) is 191 cm³/mol. The largest absolute Gasteiger partial charge is 0.414 e. The first kappa shape index (κ1) is 39.0. The van der Waals surface area contributed by atoms with Crippen LogP contribution < -0.4 is 0 Å². The Morgan fingerprint density at radius 3 is 2.12 bits per heavy atom. The van der Waals surface area contributed by atoms with Crippen molar-refractivity contribution in [2.75, 3.05) is 19.8 Å². The second-order valence-corrected chi connectivity index (χ2v) is 23.8. The number of Topliss-reactive ketones (excluding diaryl/α,β-unsaturated/α-hetero) is 1. The lowest BCUT2D eigenvalue weighted by molar-refractivity contribution is -0.353. The summed E-state index contributed by atoms with van der Waals surface area (Å²) >= 11 is 0. The number of fused-ring (bicyclic) bond motifs is 6. The zero-order chi connectivity index (χ0) is 36.7. The summed E-state index contributed by atoms with van der Waals surface area (Å²) in [6.45, 7) is 24.0. The van der Waals surface area contributed by atoms with Crippen LogP contribution in [0, 0.1) is 16.7 Å². The van der Waals surface area contributed by atoms with Crippen molar-refractivity contribution in [2.45, 2.75) is 192 Å². The van der Waals surface area contributed by atoms with E-state index >= 15 is 0 Å². The van der Waals surface area contributed by atoms with Crippen LogP contribution in [0.25, 0.3) is 0 Å². The maximum Gasteiger partial charge on any atom is 0.192 e. The van der Waals surface area contributed by atoms with E-state index in [1.807, 2.05) is 20.8 Å². The highest BCUT2D eigenvalue weighted by Crippen LogP contribution is 2.66. The predicted octanol–water partition coefficient (Wildman–Crippen LogP) is 6.56. The molecule has 2 N–H and O–H groups in total. The molecule has 0 aromatic rings. The van der Waals surface area contributed by atoms with Gasteiger partial charge >= 0.3 is 0 Å². The van der Waals surface area contributed by atoms with Gasteiger partial charge in [-0.2, -0.15) is 0 Å². The molecule has 11 heteroatoms. The average Bonchev–Trinajstić information content (AvgIpc) is 3.35. The number of carbonyl (C=O) groups is 1. The Balaban J connectivity index is 1.63. The number of carbonyl (C=O) groups excluding carboxylic acids is 1. The van der Waals surface area contributed by atoms with Gasteiger partial charge in [-0.3, -0.25) is 4.79 Å². The van der Waals surface area contributed by atoms with Crippen LogP contribution in [0.2, 0.25) is 18.1 Å². The van der Waals surface area contributed by atoms with Crippen LogP contribution in [0.15, 0.2) is 11.1 Å². The van der Waals surface area contributed by atoms with E-state index in [4.69, 9.17) is 32.8 Å². The minimum Gasteiger partial charge on any atom is -0.414 e. The van der Waals surface area contributed by atoms with Crippen molar-refractivity contribution in [1.29, 1.82) is 0 Å². The number of ketones is 1. The Morgan fingerprint density at radius 2 is 1.54 bits per heavy atom. The molecule has 2 unspecified atom stereocenters. The summed E-state index contributed by atoms with van der Waals surface area (Å²) < 4.78 is 47.9. The molecule has 286 valence electrons. The first-order chi connectivity index (χ1) is 23.1. The van der Waals surface area contributed by atoms with Gasteiger partial charge in [-0.25, -0.2) is 0 Å². The Morgan fingerprint density at radius 1 is 0.920 bits per heavy atom. The van der Waals surface area contributed by atoms with Gasteiger partial charge in [0.05, 0.1) is 24.9 Å². The summed E-state index contributed by atoms with van der Waals surface area (Å²) in [7, 11) is -2.42. The number of aliphatic hydroxyl groups is 2. The number of hydrogen-bond acceptors (Lipinski definition) is 10. The molecule has 10 nitrogen and oxygen atoms in total. The van der Waals surface area contributed by atoms with Crippen LogP contribution in [0.1, 0.15) is 120 Å². The van der Waals surface area contributed by atoms with Crippen LogP contribution in [0.4, 0.5) is 0 Å². The van der Waals surface area contributed by atoms with Crippen molar-refractivity contribution in [3.63, 3.8) is 0 Å². The molecule has 6 aliphatic rings. The summed E-state index contributed by atoms with van der Waals surface area (Å²) in [4.78, 5) is 14.5. The minimum absolute atomic E-state index is 0.0239. The Labute approximate surface area is 301 Å². The molecule has 50 heavy (non-hydrogen) atoms. The molecule has 2 saturated carbocycles. The lowest BCUT2D eigenvalue weighted by Crippen LogP contribution is -2.77. The normalized spacial score (nSPS) is 43.5. The topological polar surface area (TPSA) is 122 Å². The first-order valence-electron chi connectivity index (χ1n) is 19.3. The molecule has 6 rings (SSSR count). The van der Waals surface area contributed by atoms with E-state index in [0.29, 0.717) is 44.5 Å². The van der Waals surface area contributed by atoms with Crippen molar-refractivity contribution < 1.29 is 47.9 Å². The molecule has 3 saturated heterocycles. The lowest BCUT2D eigenvalue weighted by atomic mass is 9.45. The Kier molecular flexibility index (Phi) is 10.3. The summed E-state index contributed by atoms with van der Waals surface area (Å²) in [6, 6.07) is 0. The van der Waals surface area contributed by atoms with Crippen LogP contribution in [-0.4, -0.2) is 98.1 Å². The molecule has 3 aliphatic carbocycles. The van der Waals surface area contributed by atoms with Gasteiger partial charge in [-0.05, 0) is 101 Å². The van der Waals surface area contributed by atoms with E-state index in [1.165, 1.54) is 0 Å². The average molecular weight is 723 g/mol. The summed E-state index contributed by atoms with van der Waals surface area (Å²) in [5.41, 5.74) is -3.27. The van der Waals surface area contributed by atoms with Crippen LogP contribution in [0.5, 0.6) is 0 Å². The third-order valence-electron chi connectivity index (χ3n) is 13.9. The number of aliphatic hydroxyl groups excluding tert-OH is 1. The highest BCUT2D eigenvalue weighted by atomic mass is 28.4. The first-order valence-corrected chi connectivity index (χ1v) is 22.2. The lowest BCUT2D eigenvalue weighted by Gasteiger charge is -2.66. The van der Waals surface area contributed by atoms with E-state index in [-0.39, 0.29) is 23.8 Å². The molecule has 0 aromatic heterocycles. The fourth-order valence-corrected chi connectivity index (χ4v) is 10.9. The summed E-state index contributed by atoms with van der Waals surface area (Å²) in [5.74, 6) is -1.84. The number of ether oxygens (including phenoxy) is 6. The van der Waals surface area contributed by atoms with Gasteiger partial charge < -0.3 is 43.1 Å². The minimum atomic E-state index is -2.42. The highest BCUT2D eigenvalue weighted by Gasteiger charge is 2.75. The molecule has 0 spiro atoms. The van der Waals surface area contributed by atoms with Crippen molar-refractivity contribution >= 4 is 14.1 Å². The monoisotopic (exact) mass is 722 g/mol. The van der Waals surface area contributed by atoms with E-state index in [1.54, 1.807) is 0 Å². The number of hydrogen-bond donors (Lipinski definition) is 2. The maximum absolute atomic E-state index is 14.5. The highest BCUT2D eigenvalue weighted by molar-refractivity contribution is 6.74. The van der Waals surface area contributed by atoms with Gasteiger partial charge in [0, 0.05) is 36.4 Å². The molecule has 3 aliphatic heterocycles. The molecular formula is C39H66O10Si. The number of allylic oxidation sites excluding steroid dienone is 1. The molecule has 0 amide bonds. The van der Waals surface area contributed by atoms with Crippen molar-refractivity contribution in [3.05, 3.63) is 11.1 Å². The van der Waals surface area contributed by atoms with Crippen molar-refractivity contribution in [1.82, 2.24) is 0 Å². The summed E-state index contributed by atoms with van der Waals surface area (Å²) in [6.07, 6.45) is 1.64. The Bertz CT molecular complexity index is 1310. The van der Waals surface area contributed by atoms with E-state index in [0.717, 1.165) is 31.3 Å². The molecular weight excluding hydrogens is 657 g/mol. The van der Waals surface area contributed by atoms with Crippen LogP contribution >= 0.6 is 0 Å². The molecule has 0 radical (unpaired) electrons. The van der Waals surface area contributed by atoms with Gasteiger partial charge in [0.1, 0.15) is 17.3 Å². The fraction of sp³-hybridized carbons (Fsp3) is 0.923. The van der Waals surface area contributed by atoms with E-state index < -0.39 is 79.1 Å². The standard InChI is InChI=1S/C39H66O10Si/c1-24-25(40)22-39(47-28-17-13-15-21-44-28)33(46-27-16-12-14-20-43-27)31-37(9,32-30(29(24)35(39,5)6)48-36(7,8)49-32)19-18-26(41)38(31,42)23-45-50(10,11)34(2,3)4/h26-28,30-33,41-42H,12-23H2,1-11H3/t26-,27?,28?,30+,31-,32-,33-,37+,38-,39+/m0/s1. The Hall–Kier alpha value is -0.733.